The van der Waals surface area contributed by atoms with Crippen LogP contribution in [0, 0.1) is 0 Å². The molecule has 10 heavy (non-hydrogen) atoms. The molecule has 0 aliphatic carbocycles. The van der Waals surface area contributed by atoms with E-state index >= 15 is 0 Å². The van der Waals surface area contributed by atoms with E-state index in [4.69, 9.17) is 14.4 Å². The van der Waals surface area contributed by atoms with Gasteiger partial charge in [0.15, 0.2) is 0 Å². The molecule has 0 saturated heterocycles. The maximum atomic E-state index is 8.57. The van der Waals surface area contributed by atoms with Gasteiger partial charge in [0.1, 0.15) is 5.94 Å². The third kappa shape index (κ3) is 158. The van der Waals surface area contributed by atoms with Crippen molar-refractivity contribution < 1.29 is 117 Å². The predicted molar refractivity (Wildman–Crippen MR) is 30.1 cm³/mol. The van der Waals surface area contributed by atoms with Crippen molar-refractivity contribution >= 4 is 33.0 Å². The van der Waals surface area contributed by atoms with Crippen molar-refractivity contribution in [3.8, 4) is 0 Å². The fourth-order valence-electron chi connectivity index (χ4n) is 0. The van der Waals surface area contributed by atoms with E-state index in [9.17, 15) is 0 Å². The SMILES string of the molecule is C=C=O.[C]=O.[C]=O.[K+].[K+].[S-2]. The van der Waals surface area contributed by atoms with Crippen LogP contribution in [0.2, 0.25) is 0 Å². The van der Waals surface area contributed by atoms with Crippen molar-refractivity contribution in [3.05, 3.63) is 6.58 Å². The number of carbonyl (C=O) groups excluding carboxylic acids is 3. The fraction of sp³-hybridized carbons (Fsp3) is 0. The summed E-state index contributed by atoms with van der Waals surface area (Å²) in [6, 6.07) is 0. The standard InChI is InChI=1S/C2H2O.2CO.2K.S/c1-2-3;2*1-2;;;/h1H2;;;;;/q;;;2*+1;-2. The van der Waals surface area contributed by atoms with Crippen molar-refractivity contribution in [1.29, 1.82) is 0 Å². The van der Waals surface area contributed by atoms with Crippen LogP contribution in [0.1, 0.15) is 0 Å². The van der Waals surface area contributed by atoms with E-state index in [1.807, 2.05) is 0 Å². The Morgan fingerprint density at radius 1 is 1.00 bits per heavy atom. The molecule has 44 valence electrons. The van der Waals surface area contributed by atoms with Crippen LogP contribution in [-0.4, -0.2) is 19.5 Å². The average molecular weight is 208 g/mol. The molecule has 0 spiro atoms. The summed E-state index contributed by atoms with van der Waals surface area (Å²) in [7, 11) is 0. The second-order valence-corrected chi connectivity index (χ2v) is 0.144. The molecule has 3 nitrogen and oxygen atoms in total. The Bertz CT molecular complexity index is 54.5. The van der Waals surface area contributed by atoms with Gasteiger partial charge < -0.3 is 13.5 Å². The molecule has 4 radical (unpaired) electrons. The summed E-state index contributed by atoms with van der Waals surface area (Å²) in [5.41, 5.74) is 0. The van der Waals surface area contributed by atoms with Gasteiger partial charge in [-0.3, -0.25) is 9.59 Å². The zero-order valence-corrected chi connectivity index (χ0v) is 12.9. The van der Waals surface area contributed by atoms with Crippen molar-refractivity contribution in [2.45, 2.75) is 0 Å². The zero-order chi connectivity index (χ0) is 6.71. The summed E-state index contributed by atoms with van der Waals surface area (Å²) in [5.74, 6) is 1.25. The molecule has 0 heterocycles. The van der Waals surface area contributed by atoms with E-state index in [1.54, 1.807) is 0 Å². The van der Waals surface area contributed by atoms with Gasteiger partial charge in [-0.25, -0.2) is 4.79 Å². The molecule has 0 aromatic carbocycles. The molecule has 0 amide bonds. The van der Waals surface area contributed by atoms with Crippen LogP contribution in [0.4, 0.5) is 0 Å². The van der Waals surface area contributed by atoms with Gasteiger partial charge in [-0.2, -0.15) is 0 Å². The second kappa shape index (κ2) is 106. The molecule has 0 bridgehead atoms. The monoisotopic (exact) mass is 208 g/mol. The summed E-state index contributed by atoms with van der Waals surface area (Å²) >= 11 is 0. The minimum absolute atomic E-state index is 0. The number of hydrogen-bond acceptors (Lipinski definition) is 3. The fourth-order valence-corrected chi connectivity index (χ4v) is 0. The molecule has 0 aliphatic rings. The summed E-state index contributed by atoms with van der Waals surface area (Å²) in [6.45, 7) is 11.7. The van der Waals surface area contributed by atoms with Gasteiger partial charge in [-0.05, 0) is 6.58 Å². The van der Waals surface area contributed by atoms with Crippen LogP contribution < -0.4 is 103 Å². The minimum atomic E-state index is 0. The molecule has 0 unspecified atom stereocenters. The smallest absolute Gasteiger partial charge is 1.00 e. The van der Waals surface area contributed by atoms with Gasteiger partial charge >= 0.3 is 103 Å². The Morgan fingerprint density at radius 3 is 1.00 bits per heavy atom. The predicted octanol–water partition coefficient (Wildman–Crippen LogP) is -6.78. The van der Waals surface area contributed by atoms with Crippen LogP contribution in [0.25, 0.3) is 0 Å². The zero-order valence-electron chi connectivity index (χ0n) is 5.84. The average Bonchev–Trinajstić information content (AvgIpc) is 1.78. The quantitative estimate of drug-likeness (QED) is 0.294. The van der Waals surface area contributed by atoms with Gasteiger partial charge in [0.05, 0.1) is 0 Å². The van der Waals surface area contributed by atoms with E-state index in [0.717, 1.165) is 0 Å². The molecule has 0 fully saturated rings. The van der Waals surface area contributed by atoms with E-state index < -0.39 is 0 Å². The Labute approximate surface area is 153 Å². The van der Waals surface area contributed by atoms with Crippen LogP contribution in [0.15, 0.2) is 6.58 Å². The summed E-state index contributed by atoms with van der Waals surface area (Å²) in [6.07, 6.45) is 0. The van der Waals surface area contributed by atoms with Crippen molar-refractivity contribution in [2.75, 3.05) is 0 Å². The van der Waals surface area contributed by atoms with E-state index in [0.29, 0.717) is 0 Å². The van der Waals surface area contributed by atoms with Crippen LogP contribution in [0.3, 0.4) is 0 Å². The first-order chi connectivity index (χ1) is 3.41. The van der Waals surface area contributed by atoms with Crippen LogP contribution in [-0.2, 0) is 27.9 Å². The second-order valence-electron chi connectivity index (χ2n) is 0.144. The van der Waals surface area contributed by atoms with E-state index in [-0.39, 0.29) is 116 Å². The Hall–Kier alpha value is 2.41. The molecule has 6 heteroatoms. The normalized spacial score (nSPS) is 1.60. The van der Waals surface area contributed by atoms with Gasteiger partial charge in [-0.15, -0.1) is 0 Å². The topological polar surface area (TPSA) is 51.2 Å². The molecule has 0 saturated carbocycles. The summed E-state index contributed by atoms with van der Waals surface area (Å²) < 4.78 is 0. The van der Waals surface area contributed by atoms with Gasteiger partial charge in [0.25, 0.3) is 13.6 Å². The molecular formula is C4H2K2O3S. The van der Waals surface area contributed by atoms with Crippen LogP contribution >= 0.6 is 0 Å². The van der Waals surface area contributed by atoms with E-state index in [1.165, 1.54) is 5.94 Å². The first-order valence-electron chi connectivity index (χ1n) is 0.966. The van der Waals surface area contributed by atoms with Gasteiger partial charge in [0.2, 0.25) is 0 Å². The molecular weight excluding hydrogens is 206 g/mol. The summed E-state index contributed by atoms with van der Waals surface area (Å²) in [4.78, 5) is 23.6. The van der Waals surface area contributed by atoms with Crippen molar-refractivity contribution in [3.63, 3.8) is 0 Å². The van der Waals surface area contributed by atoms with Crippen molar-refractivity contribution in [2.24, 2.45) is 0 Å². The number of rotatable bonds is 0. The van der Waals surface area contributed by atoms with Crippen LogP contribution in [0.5, 0.6) is 0 Å². The number of hydrogen-bond donors (Lipinski definition) is 0. The molecule has 0 aromatic heterocycles. The molecule has 0 atom stereocenters. The van der Waals surface area contributed by atoms with Gasteiger partial charge in [-0.1, -0.05) is 0 Å². The minimum Gasteiger partial charge on any atom is -2.00 e. The molecule has 0 aliphatic heterocycles. The van der Waals surface area contributed by atoms with Gasteiger partial charge in [0, 0.05) is 0 Å². The maximum absolute atomic E-state index is 8.57. The third-order valence-corrected chi connectivity index (χ3v) is 0. The first kappa shape index (κ1) is 39.3. The molecule has 0 N–H and O–H groups in total. The Balaban J connectivity index is -0.00000000536. The third-order valence-electron chi connectivity index (χ3n) is 0. The maximum Gasteiger partial charge on any atom is 1.00 e. The molecule has 0 aromatic rings. The summed E-state index contributed by atoms with van der Waals surface area (Å²) in [5, 5.41) is 0. The molecule has 0 rings (SSSR count). The largest absolute Gasteiger partial charge is 2.00 e. The first-order valence-corrected chi connectivity index (χ1v) is 0.966. The van der Waals surface area contributed by atoms with Crippen molar-refractivity contribution in [1.82, 2.24) is 0 Å². The Kier molecular flexibility index (Phi) is 418. The Morgan fingerprint density at radius 2 is 1.00 bits per heavy atom. The van der Waals surface area contributed by atoms with E-state index in [2.05, 4.69) is 20.2 Å².